The molecule has 5 nitrogen and oxygen atoms in total. The Morgan fingerprint density at radius 3 is 2.37 bits per heavy atom. The fourth-order valence-corrected chi connectivity index (χ4v) is 2.74. The number of nitrogens with one attached hydrogen (secondary N) is 2. The number of ether oxygens (including phenoxy) is 1. The van der Waals surface area contributed by atoms with Crippen molar-refractivity contribution in [2.24, 2.45) is 0 Å². The van der Waals surface area contributed by atoms with Crippen molar-refractivity contribution in [1.29, 1.82) is 0 Å². The number of amides is 1. The number of carbonyl (C=O) groups is 1. The fraction of sp³-hybridized carbons (Fsp3) is 0.182. The molecule has 0 bridgehead atoms. The summed E-state index contributed by atoms with van der Waals surface area (Å²) in [6.07, 6.45) is 1.97. The smallest absolute Gasteiger partial charge is 0.228 e. The maximum absolute atomic E-state index is 12.0. The number of anilines is 3. The van der Waals surface area contributed by atoms with Gasteiger partial charge in [-0.1, -0.05) is 24.3 Å². The van der Waals surface area contributed by atoms with Crippen LogP contribution in [0, 0.1) is 13.8 Å². The summed E-state index contributed by atoms with van der Waals surface area (Å²) in [5.74, 6) is 1.14. The lowest BCUT2D eigenvalue weighted by Gasteiger charge is -2.10. The van der Waals surface area contributed by atoms with Crippen molar-refractivity contribution in [2.75, 3.05) is 17.2 Å². The third-order valence-corrected chi connectivity index (χ3v) is 3.88. The topological polar surface area (TPSA) is 63.2 Å². The maximum atomic E-state index is 12.0. The molecule has 0 fully saturated rings. The van der Waals surface area contributed by atoms with Crippen LogP contribution in [0.1, 0.15) is 17.5 Å². The first-order chi connectivity index (χ1) is 13.1. The Morgan fingerprint density at radius 2 is 1.70 bits per heavy atom. The van der Waals surface area contributed by atoms with Crippen LogP contribution in [0.4, 0.5) is 17.2 Å². The highest BCUT2D eigenvalue weighted by Crippen LogP contribution is 2.20. The predicted octanol–water partition coefficient (Wildman–Crippen LogP) is 4.85. The van der Waals surface area contributed by atoms with Crippen LogP contribution < -0.4 is 15.4 Å². The van der Waals surface area contributed by atoms with E-state index < -0.39 is 0 Å². The van der Waals surface area contributed by atoms with E-state index in [9.17, 15) is 4.79 Å². The van der Waals surface area contributed by atoms with Gasteiger partial charge in [0.25, 0.3) is 0 Å². The van der Waals surface area contributed by atoms with Gasteiger partial charge in [-0.05, 0) is 61.4 Å². The van der Waals surface area contributed by atoms with Crippen LogP contribution in [-0.4, -0.2) is 17.5 Å². The summed E-state index contributed by atoms with van der Waals surface area (Å²) >= 11 is 0. The zero-order chi connectivity index (χ0) is 19.1. The van der Waals surface area contributed by atoms with E-state index in [-0.39, 0.29) is 12.3 Å². The fourth-order valence-electron chi connectivity index (χ4n) is 2.74. The Hall–Kier alpha value is -3.34. The van der Waals surface area contributed by atoms with Crippen molar-refractivity contribution in [2.45, 2.75) is 20.3 Å². The second kappa shape index (κ2) is 8.85. The molecular formula is C22H23N3O2. The highest BCUT2D eigenvalue weighted by Gasteiger charge is 2.05. The van der Waals surface area contributed by atoms with Crippen molar-refractivity contribution >= 4 is 23.1 Å². The van der Waals surface area contributed by atoms with Gasteiger partial charge < -0.3 is 15.4 Å². The number of pyridine rings is 1. The molecule has 0 saturated carbocycles. The SMILES string of the molecule is Cc1cc(C)cc(Nc2ccc(NC(=O)CCOc3ccccc3)nc2)c1. The van der Waals surface area contributed by atoms with Gasteiger partial charge >= 0.3 is 0 Å². The molecule has 0 aliphatic carbocycles. The van der Waals surface area contributed by atoms with E-state index in [1.54, 1.807) is 12.3 Å². The number of rotatable bonds is 7. The predicted molar refractivity (Wildman–Crippen MR) is 109 cm³/mol. The molecule has 2 N–H and O–H groups in total. The second-order valence-corrected chi connectivity index (χ2v) is 6.39. The largest absolute Gasteiger partial charge is 0.493 e. The maximum Gasteiger partial charge on any atom is 0.228 e. The van der Waals surface area contributed by atoms with E-state index in [2.05, 4.69) is 47.7 Å². The van der Waals surface area contributed by atoms with Gasteiger partial charge in [0.05, 0.1) is 24.9 Å². The van der Waals surface area contributed by atoms with Crippen LogP contribution >= 0.6 is 0 Å². The summed E-state index contributed by atoms with van der Waals surface area (Å²) in [6.45, 7) is 4.45. The van der Waals surface area contributed by atoms with Gasteiger partial charge in [0.1, 0.15) is 11.6 Å². The monoisotopic (exact) mass is 361 g/mol. The van der Waals surface area contributed by atoms with E-state index in [1.165, 1.54) is 11.1 Å². The van der Waals surface area contributed by atoms with Gasteiger partial charge in [-0.2, -0.15) is 0 Å². The highest BCUT2D eigenvalue weighted by molar-refractivity contribution is 5.89. The van der Waals surface area contributed by atoms with Gasteiger partial charge in [-0.25, -0.2) is 4.98 Å². The van der Waals surface area contributed by atoms with Crippen LogP contribution in [0.5, 0.6) is 5.75 Å². The van der Waals surface area contributed by atoms with E-state index in [0.717, 1.165) is 17.1 Å². The molecule has 0 atom stereocenters. The third kappa shape index (κ3) is 5.85. The normalized spacial score (nSPS) is 10.3. The summed E-state index contributed by atoms with van der Waals surface area (Å²) < 4.78 is 5.53. The lowest BCUT2D eigenvalue weighted by atomic mass is 10.1. The molecule has 27 heavy (non-hydrogen) atoms. The molecule has 0 aliphatic heterocycles. The van der Waals surface area contributed by atoms with Crippen molar-refractivity contribution < 1.29 is 9.53 Å². The Morgan fingerprint density at radius 1 is 0.963 bits per heavy atom. The average molecular weight is 361 g/mol. The van der Waals surface area contributed by atoms with Crippen LogP contribution in [0.15, 0.2) is 66.9 Å². The van der Waals surface area contributed by atoms with Gasteiger partial charge in [-0.3, -0.25) is 4.79 Å². The Labute approximate surface area is 159 Å². The molecule has 0 unspecified atom stereocenters. The lowest BCUT2D eigenvalue weighted by molar-refractivity contribution is -0.116. The van der Waals surface area contributed by atoms with Gasteiger partial charge in [0, 0.05) is 5.69 Å². The van der Waals surface area contributed by atoms with Crippen molar-refractivity contribution in [3.63, 3.8) is 0 Å². The summed E-state index contributed by atoms with van der Waals surface area (Å²) in [5.41, 5.74) is 4.29. The van der Waals surface area contributed by atoms with Crippen LogP contribution in [0.3, 0.4) is 0 Å². The first-order valence-electron chi connectivity index (χ1n) is 8.87. The quantitative estimate of drug-likeness (QED) is 0.631. The van der Waals surface area contributed by atoms with Crippen molar-refractivity contribution in [3.8, 4) is 5.75 Å². The standard InChI is InChI=1S/C22H23N3O2/c1-16-12-17(2)14-19(13-16)24-18-8-9-21(23-15-18)25-22(26)10-11-27-20-6-4-3-5-7-20/h3-9,12-15,24H,10-11H2,1-2H3,(H,23,25,26). The van der Waals surface area contributed by atoms with E-state index in [0.29, 0.717) is 12.4 Å². The number of hydrogen-bond acceptors (Lipinski definition) is 4. The first kappa shape index (κ1) is 18.5. The summed E-state index contributed by atoms with van der Waals surface area (Å²) in [7, 11) is 0. The Bertz CT molecular complexity index is 873. The van der Waals surface area contributed by atoms with Gasteiger partial charge in [-0.15, -0.1) is 0 Å². The number of para-hydroxylation sites is 1. The second-order valence-electron chi connectivity index (χ2n) is 6.39. The molecule has 3 rings (SSSR count). The molecule has 0 saturated heterocycles. The molecule has 3 aromatic rings. The summed E-state index contributed by atoms with van der Waals surface area (Å²) in [6, 6.07) is 19.4. The van der Waals surface area contributed by atoms with Gasteiger partial charge in [0.15, 0.2) is 0 Å². The number of benzene rings is 2. The zero-order valence-electron chi connectivity index (χ0n) is 15.5. The molecule has 0 aliphatic rings. The molecule has 2 aromatic carbocycles. The average Bonchev–Trinajstić information content (AvgIpc) is 2.63. The lowest BCUT2D eigenvalue weighted by Crippen LogP contribution is -2.15. The van der Waals surface area contributed by atoms with E-state index in [1.807, 2.05) is 36.4 Å². The Balaban J connectivity index is 1.49. The third-order valence-electron chi connectivity index (χ3n) is 3.88. The Kier molecular flexibility index (Phi) is 6.05. The van der Waals surface area contributed by atoms with E-state index >= 15 is 0 Å². The molecule has 1 amide bonds. The molecule has 5 heteroatoms. The number of hydrogen-bond donors (Lipinski definition) is 2. The minimum Gasteiger partial charge on any atom is -0.493 e. The van der Waals surface area contributed by atoms with Gasteiger partial charge in [0.2, 0.25) is 5.91 Å². The minimum atomic E-state index is -0.131. The molecule has 1 heterocycles. The minimum absolute atomic E-state index is 0.131. The number of carbonyl (C=O) groups excluding carboxylic acids is 1. The summed E-state index contributed by atoms with van der Waals surface area (Å²) in [5, 5.41) is 6.10. The molecular weight excluding hydrogens is 338 g/mol. The molecule has 0 radical (unpaired) electrons. The molecule has 1 aromatic heterocycles. The first-order valence-corrected chi connectivity index (χ1v) is 8.87. The summed E-state index contributed by atoms with van der Waals surface area (Å²) in [4.78, 5) is 16.3. The van der Waals surface area contributed by atoms with Crippen molar-refractivity contribution in [3.05, 3.63) is 78.0 Å². The number of nitrogens with zero attached hydrogens (tertiary/aromatic N) is 1. The van der Waals surface area contributed by atoms with E-state index in [4.69, 9.17) is 4.74 Å². The van der Waals surface area contributed by atoms with Crippen LogP contribution in [0.25, 0.3) is 0 Å². The molecule has 138 valence electrons. The number of aryl methyl sites for hydroxylation is 2. The zero-order valence-corrected chi connectivity index (χ0v) is 15.5. The van der Waals surface area contributed by atoms with Crippen LogP contribution in [-0.2, 0) is 4.79 Å². The van der Waals surface area contributed by atoms with Crippen LogP contribution in [0.2, 0.25) is 0 Å². The highest BCUT2D eigenvalue weighted by atomic mass is 16.5. The van der Waals surface area contributed by atoms with Crippen molar-refractivity contribution in [1.82, 2.24) is 4.98 Å². The molecule has 0 spiro atoms. The number of aromatic nitrogens is 1.